The number of hydrogen-bond donors (Lipinski definition) is 2. The lowest BCUT2D eigenvalue weighted by molar-refractivity contribution is -0.137. The van der Waals surface area contributed by atoms with Crippen molar-refractivity contribution in [2.24, 2.45) is 0 Å². The molecule has 0 heterocycles. The molecule has 1 aromatic rings. The topological polar surface area (TPSA) is 66.4 Å². The first kappa shape index (κ1) is 16.8. The van der Waals surface area contributed by atoms with E-state index in [0.29, 0.717) is 12.0 Å². The highest BCUT2D eigenvalue weighted by Gasteiger charge is 2.17. The summed E-state index contributed by atoms with van der Waals surface area (Å²) in [7, 11) is 0. The number of benzene rings is 1. The fourth-order valence-electron chi connectivity index (χ4n) is 1.87. The molecule has 1 aromatic carbocycles. The molecule has 0 radical (unpaired) electrons. The Morgan fingerprint density at radius 1 is 1.33 bits per heavy atom. The van der Waals surface area contributed by atoms with E-state index < -0.39 is 23.6 Å². The number of rotatable bonds is 8. The lowest BCUT2D eigenvalue weighted by Gasteiger charge is -2.17. The predicted molar refractivity (Wildman–Crippen MR) is 73.7 cm³/mol. The zero-order valence-electron chi connectivity index (χ0n) is 11.4. The maximum Gasteiger partial charge on any atom is 0.305 e. The summed E-state index contributed by atoms with van der Waals surface area (Å²) in [6.07, 6.45) is 2.09. The lowest BCUT2D eigenvalue weighted by Crippen LogP contribution is -2.38. The van der Waals surface area contributed by atoms with Gasteiger partial charge in [-0.15, -0.1) is 6.58 Å². The zero-order valence-corrected chi connectivity index (χ0v) is 11.4. The van der Waals surface area contributed by atoms with Crippen LogP contribution in [0.4, 0.5) is 8.78 Å². The van der Waals surface area contributed by atoms with Crippen molar-refractivity contribution in [3.05, 3.63) is 48.1 Å². The van der Waals surface area contributed by atoms with Gasteiger partial charge in [-0.2, -0.15) is 0 Å². The van der Waals surface area contributed by atoms with E-state index in [-0.39, 0.29) is 25.2 Å². The van der Waals surface area contributed by atoms with E-state index in [1.165, 1.54) is 6.07 Å². The fourth-order valence-corrected chi connectivity index (χ4v) is 1.87. The monoisotopic (exact) mass is 297 g/mol. The molecule has 0 aliphatic heterocycles. The molecule has 4 nitrogen and oxygen atoms in total. The van der Waals surface area contributed by atoms with Crippen LogP contribution in [0, 0.1) is 11.6 Å². The Bertz CT molecular complexity index is 532. The van der Waals surface area contributed by atoms with Gasteiger partial charge in [-0.25, -0.2) is 8.78 Å². The van der Waals surface area contributed by atoms with Crippen molar-refractivity contribution in [3.63, 3.8) is 0 Å². The van der Waals surface area contributed by atoms with Gasteiger partial charge in [0.2, 0.25) is 5.91 Å². The third-order valence-corrected chi connectivity index (χ3v) is 2.83. The summed E-state index contributed by atoms with van der Waals surface area (Å²) >= 11 is 0. The van der Waals surface area contributed by atoms with Crippen molar-refractivity contribution in [1.82, 2.24) is 5.32 Å². The van der Waals surface area contributed by atoms with Gasteiger partial charge in [-0.05, 0) is 30.5 Å². The van der Waals surface area contributed by atoms with Crippen LogP contribution >= 0.6 is 0 Å². The first-order valence-electron chi connectivity index (χ1n) is 6.48. The smallest absolute Gasteiger partial charge is 0.305 e. The molecule has 21 heavy (non-hydrogen) atoms. The molecule has 114 valence electrons. The summed E-state index contributed by atoms with van der Waals surface area (Å²) in [5.41, 5.74) is 0.421. The molecule has 0 saturated carbocycles. The predicted octanol–water partition coefficient (Wildman–Crippen LogP) is 2.43. The van der Waals surface area contributed by atoms with Crippen LogP contribution in [0.15, 0.2) is 30.9 Å². The number of carbonyl (C=O) groups is 2. The molecule has 1 amide bonds. The first-order valence-corrected chi connectivity index (χ1v) is 6.48. The van der Waals surface area contributed by atoms with Crippen LogP contribution in [-0.2, 0) is 16.0 Å². The molecule has 0 spiro atoms. The minimum Gasteiger partial charge on any atom is -0.481 e. The van der Waals surface area contributed by atoms with E-state index in [0.717, 1.165) is 12.1 Å². The van der Waals surface area contributed by atoms with Gasteiger partial charge in [0.05, 0.1) is 6.42 Å². The maximum atomic E-state index is 13.1. The standard InChI is InChI=1S/C15H17F2NO3/c1-2-3-4-14(19)18-11(9-15(20)21)7-10-5-6-12(16)13(17)8-10/h2,5-6,8,11H,1,3-4,7,9H2,(H,18,19)(H,20,21)/t11-/m0/s1. The van der Waals surface area contributed by atoms with Gasteiger partial charge in [-0.3, -0.25) is 9.59 Å². The second-order valence-corrected chi connectivity index (χ2v) is 4.64. The first-order chi connectivity index (χ1) is 9.92. The van der Waals surface area contributed by atoms with E-state index in [1.54, 1.807) is 6.08 Å². The van der Waals surface area contributed by atoms with E-state index in [4.69, 9.17) is 5.11 Å². The number of carboxylic acid groups (broad SMARTS) is 1. The average Bonchev–Trinajstić information content (AvgIpc) is 2.40. The van der Waals surface area contributed by atoms with Crippen molar-refractivity contribution in [2.75, 3.05) is 0 Å². The van der Waals surface area contributed by atoms with Gasteiger partial charge in [0.1, 0.15) is 0 Å². The molecular formula is C15H17F2NO3. The molecule has 1 rings (SSSR count). The number of carboxylic acids is 1. The summed E-state index contributed by atoms with van der Waals surface area (Å²) in [5, 5.41) is 11.4. The molecule has 0 aliphatic carbocycles. The fraction of sp³-hybridized carbons (Fsp3) is 0.333. The molecule has 1 atom stereocenters. The van der Waals surface area contributed by atoms with Crippen LogP contribution in [0.3, 0.4) is 0 Å². The summed E-state index contributed by atoms with van der Waals surface area (Å²) in [6.45, 7) is 3.49. The van der Waals surface area contributed by atoms with Crippen molar-refractivity contribution >= 4 is 11.9 Å². The van der Waals surface area contributed by atoms with Crippen molar-refractivity contribution in [3.8, 4) is 0 Å². The summed E-state index contributed by atoms with van der Waals surface area (Å²) in [4.78, 5) is 22.4. The molecule has 0 bridgehead atoms. The highest BCUT2D eigenvalue weighted by Crippen LogP contribution is 2.12. The quantitative estimate of drug-likeness (QED) is 0.724. The van der Waals surface area contributed by atoms with E-state index in [1.807, 2.05) is 0 Å². The van der Waals surface area contributed by atoms with E-state index in [2.05, 4.69) is 11.9 Å². The van der Waals surface area contributed by atoms with Gasteiger partial charge in [-0.1, -0.05) is 12.1 Å². The van der Waals surface area contributed by atoms with Crippen molar-refractivity contribution < 1.29 is 23.5 Å². The van der Waals surface area contributed by atoms with Gasteiger partial charge in [0, 0.05) is 12.5 Å². The summed E-state index contributed by atoms with van der Waals surface area (Å²) in [6, 6.07) is 2.66. The number of hydrogen-bond acceptors (Lipinski definition) is 2. The minimum absolute atomic E-state index is 0.114. The number of nitrogens with one attached hydrogen (secondary N) is 1. The Morgan fingerprint density at radius 2 is 2.05 bits per heavy atom. The van der Waals surface area contributed by atoms with E-state index in [9.17, 15) is 18.4 Å². The number of aliphatic carboxylic acids is 1. The lowest BCUT2D eigenvalue weighted by atomic mass is 10.0. The summed E-state index contributed by atoms with van der Waals surface area (Å²) in [5.74, 6) is -3.35. The van der Waals surface area contributed by atoms with Crippen molar-refractivity contribution in [1.29, 1.82) is 0 Å². The van der Waals surface area contributed by atoms with E-state index >= 15 is 0 Å². The van der Waals surface area contributed by atoms with Crippen LogP contribution < -0.4 is 5.32 Å². The molecule has 0 saturated heterocycles. The van der Waals surface area contributed by atoms with Crippen molar-refractivity contribution in [2.45, 2.75) is 31.7 Å². The minimum atomic E-state index is -1.08. The Labute approximate surface area is 121 Å². The van der Waals surface area contributed by atoms with Crippen LogP contribution in [0.5, 0.6) is 0 Å². The number of halogens is 2. The van der Waals surface area contributed by atoms with Crippen LogP contribution in [0.1, 0.15) is 24.8 Å². The Balaban J connectivity index is 2.72. The molecule has 2 N–H and O–H groups in total. The van der Waals surface area contributed by atoms with Gasteiger partial charge >= 0.3 is 5.97 Å². The third kappa shape index (κ3) is 6.16. The number of carbonyl (C=O) groups excluding carboxylic acids is 1. The molecule has 0 fully saturated rings. The SMILES string of the molecule is C=CCCC(=O)N[C@H](CC(=O)O)Cc1ccc(F)c(F)c1. The highest BCUT2D eigenvalue weighted by molar-refractivity contribution is 5.77. The summed E-state index contributed by atoms with van der Waals surface area (Å²) < 4.78 is 26.0. The Kier molecular flexibility index (Phi) is 6.52. The Hall–Kier alpha value is -2.24. The third-order valence-electron chi connectivity index (χ3n) is 2.83. The zero-order chi connectivity index (χ0) is 15.8. The van der Waals surface area contributed by atoms with Crippen LogP contribution in [0.25, 0.3) is 0 Å². The Morgan fingerprint density at radius 3 is 2.62 bits per heavy atom. The highest BCUT2D eigenvalue weighted by atomic mass is 19.2. The molecule has 0 aromatic heterocycles. The average molecular weight is 297 g/mol. The van der Waals surface area contributed by atoms with Gasteiger partial charge < -0.3 is 10.4 Å². The van der Waals surface area contributed by atoms with Gasteiger partial charge in [0.15, 0.2) is 11.6 Å². The van der Waals surface area contributed by atoms with Crippen LogP contribution in [-0.4, -0.2) is 23.0 Å². The normalized spacial score (nSPS) is 11.7. The second kappa shape index (κ2) is 8.14. The largest absolute Gasteiger partial charge is 0.481 e. The molecule has 6 heteroatoms. The second-order valence-electron chi connectivity index (χ2n) is 4.64. The van der Waals surface area contributed by atoms with Gasteiger partial charge in [0.25, 0.3) is 0 Å². The number of amides is 1. The maximum absolute atomic E-state index is 13.1. The van der Waals surface area contributed by atoms with Crippen LogP contribution in [0.2, 0.25) is 0 Å². The molecular weight excluding hydrogens is 280 g/mol. The number of allylic oxidation sites excluding steroid dienone is 1. The molecule has 0 aliphatic rings. The molecule has 0 unspecified atom stereocenters.